The third kappa shape index (κ3) is 2.77. The summed E-state index contributed by atoms with van der Waals surface area (Å²) in [5.74, 6) is -0.570. The highest BCUT2D eigenvalue weighted by Crippen LogP contribution is 2.41. The summed E-state index contributed by atoms with van der Waals surface area (Å²) in [5, 5.41) is 4.88. The highest BCUT2D eigenvalue weighted by Gasteiger charge is 2.36. The first kappa shape index (κ1) is 20.5. The highest BCUT2D eigenvalue weighted by molar-refractivity contribution is 7.25. The van der Waals surface area contributed by atoms with Gasteiger partial charge in [-0.1, -0.05) is 54.6 Å². The van der Waals surface area contributed by atoms with Crippen LogP contribution in [0.5, 0.6) is 0 Å². The van der Waals surface area contributed by atoms with Gasteiger partial charge < -0.3 is 4.57 Å². The van der Waals surface area contributed by atoms with Crippen LogP contribution in [0.4, 0.5) is 5.69 Å². The molecule has 174 valence electrons. The average Bonchev–Trinajstić information content (AvgIpc) is 3.55. The van der Waals surface area contributed by atoms with Gasteiger partial charge in [-0.2, -0.15) is 0 Å². The summed E-state index contributed by atoms with van der Waals surface area (Å²) in [6.07, 6.45) is 0. The Labute approximate surface area is 215 Å². The minimum Gasteiger partial charge on any atom is -0.309 e. The van der Waals surface area contributed by atoms with Crippen molar-refractivity contribution in [2.24, 2.45) is 0 Å². The summed E-state index contributed by atoms with van der Waals surface area (Å²) in [6.45, 7) is 0. The third-order valence-electron chi connectivity index (χ3n) is 7.31. The number of benzene rings is 5. The fourth-order valence-corrected chi connectivity index (χ4v) is 6.78. The summed E-state index contributed by atoms with van der Waals surface area (Å²) in [6, 6.07) is 36.2. The van der Waals surface area contributed by atoms with E-state index in [4.69, 9.17) is 0 Å². The first-order chi connectivity index (χ1) is 18.2. The monoisotopic (exact) mass is 494 g/mol. The lowest BCUT2D eigenvalue weighted by Gasteiger charge is -2.16. The van der Waals surface area contributed by atoms with Crippen LogP contribution in [0.1, 0.15) is 20.7 Å². The van der Waals surface area contributed by atoms with E-state index in [1.165, 1.54) is 35.8 Å². The molecule has 37 heavy (non-hydrogen) atoms. The molecule has 5 heteroatoms. The SMILES string of the molecule is O=C1c2ccccc2C(=O)N1c1cccc(-n2c3ccccc3c3cc4c(cc32)sc2ccccc24)c1. The lowest BCUT2D eigenvalue weighted by atomic mass is 10.1. The van der Waals surface area contributed by atoms with Crippen molar-refractivity contribution in [2.75, 3.05) is 4.90 Å². The first-order valence-corrected chi connectivity index (χ1v) is 12.9. The lowest BCUT2D eigenvalue weighted by molar-refractivity contribution is 0.0926. The molecule has 0 bridgehead atoms. The molecule has 2 amide bonds. The second-order valence-corrected chi connectivity index (χ2v) is 10.4. The number of amides is 2. The van der Waals surface area contributed by atoms with Crippen LogP contribution in [0.15, 0.2) is 109 Å². The molecule has 0 radical (unpaired) electrons. The molecule has 5 aromatic carbocycles. The van der Waals surface area contributed by atoms with Crippen LogP contribution in [-0.2, 0) is 0 Å². The topological polar surface area (TPSA) is 42.3 Å². The fourth-order valence-electron chi connectivity index (χ4n) is 5.66. The van der Waals surface area contributed by atoms with Gasteiger partial charge in [0.25, 0.3) is 11.8 Å². The normalized spacial score (nSPS) is 13.5. The molecular weight excluding hydrogens is 476 g/mol. The third-order valence-corrected chi connectivity index (χ3v) is 8.44. The minimum atomic E-state index is -0.285. The molecule has 1 aliphatic heterocycles. The summed E-state index contributed by atoms with van der Waals surface area (Å²) in [5.41, 5.74) is 4.54. The Morgan fingerprint density at radius 3 is 1.97 bits per heavy atom. The lowest BCUT2D eigenvalue weighted by Crippen LogP contribution is -2.29. The van der Waals surface area contributed by atoms with Gasteiger partial charge in [-0.15, -0.1) is 11.3 Å². The Hall–Kier alpha value is -4.74. The molecule has 0 fully saturated rings. The number of rotatable bonds is 2. The zero-order chi connectivity index (χ0) is 24.7. The summed E-state index contributed by atoms with van der Waals surface area (Å²) >= 11 is 1.80. The molecule has 0 unspecified atom stereocenters. The van der Waals surface area contributed by atoms with Crippen molar-refractivity contribution in [1.29, 1.82) is 0 Å². The summed E-state index contributed by atoms with van der Waals surface area (Å²) in [7, 11) is 0. The second kappa shape index (κ2) is 7.38. The van der Waals surface area contributed by atoms with Crippen LogP contribution in [-0.4, -0.2) is 16.4 Å². The Morgan fingerprint density at radius 1 is 0.486 bits per heavy atom. The number of para-hydroxylation sites is 1. The van der Waals surface area contributed by atoms with Crippen molar-refractivity contribution in [3.63, 3.8) is 0 Å². The van der Waals surface area contributed by atoms with Gasteiger partial charge in [0.2, 0.25) is 0 Å². The summed E-state index contributed by atoms with van der Waals surface area (Å²) < 4.78 is 4.73. The van der Waals surface area contributed by atoms with E-state index in [0.717, 1.165) is 16.7 Å². The molecule has 2 aromatic heterocycles. The molecule has 1 aliphatic rings. The van der Waals surface area contributed by atoms with Gasteiger partial charge in [-0.05, 0) is 54.6 Å². The smallest absolute Gasteiger partial charge is 0.266 e. The van der Waals surface area contributed by atoms with E-state index in [1.54, 1.807) is 35.6 Å². The number of nitrogens with zero attached hydrogens (tertiary/aromatic N) is 2. The number of anilines is 1. The van der Waals surface area contributed by atoms with E-state index in [-0.39, 0.29) is 11.8 Å². The Morgan fingerprint density at radius 2 is 1.16 bits per heavy atom. The Bertz CT molecular complexity index is 2060. The molecule has 3 heterocycles. The number of fused-ring (bicyclic) bond motifs is 7. The maximum atomic E-state index is 13.2. The van der Waals surface area contributed by atoms with Crippen molar-refractivity contribution in [1.82, 2.24) is 4.57 Å². The van der Waals surface area contributed by atoms with E-state index < -0.39 is 0 Å². The predicted octanol–water partition coefficient (Wildman–Crippen LogP) is 7.95. The fraction of sp³-hybridized carbons (Fsp3) is 0. The van der Waals surface area contributed by atoms with Gasteiger partial charge in [0.05, 0.1) is 27.8 Å². The Balaban J connectivity index is 1.38. The van der Waals surface area contributed by atoms with E-state index in [1.807, 2.05) is 30.3 Å². The number of aromatic nitrogens is 1. The van der Waals surface area contributed by atoms with Crippen LogP contribution in [0, 0.1) is 0 Å². The molecule has 0 spiro atoms. The maximum Gasteiger partial charge on any atom is 0.266 e. The first-order valence-electron chi connectivity index (χ1n) is 12.1. The number of hydrogen-bond donors (Lipinski definition) is 0. The predicted molar refractivity (Wildman–Crippen MR) is 151 cm³/mol. The van der Waals surface area contributed by atoms with Gasteiger partial charge in [0.1, 0.15) is 0 Å². The van der Waals surface area contributed by atoms with E-state index in [0.29, 0.717) is 16.8 Å². The largest absolute Gasteiger partial charge is 0.309 e. The van der Waals surface area contributed by atoms with Crippen LogP contribution in [0.25, 0.3) is 47.7 Å². The van der Waals surface area contributed by atoms with Crippen molar-refractivity contribution >= 4 is 70.8 Å². The van der Waals surface area contributed by atoms with E-state index in [9.17, 15) is 9.59 Å². The number of imide groups is 1. The number of carbonyl (C=O) groups is 2. The van der Waals surface area contributed by atoms with Gasteiger partial charge in [0.15, 0.2) is 0 Å². The molecule has 0 saturated heterocycles. The van der Waals surface area contributed by atoms with Crippen LogP contribution >= 0.6 is 11.3 Å². The zero-order valence-corrected chi connectivity index (χ0v) is 20.3. The van der Waals surface area contributed by atoms with Crippen LogP contribution < -0.4 is 4.90 Å². The van der Waals surface area contributed by atoms with Crippen molar-refractivity contribution in [2.45, 2.75) is 0 Å². The highest BCUT2D eigenvalue weighted by atomic mass is 32.1. The molecule has 8 rings (SSSR count). The van der Waals surface area contributed by atoms with Gasteiger partial charge in [-0.25, -0.2) is 4.90 Å². The Kier molecular flexibility index (Phi) is 4.08. The van der Waals surface area contributed by atoms with E-state index in [2.05, 4.69) is 59.2 Å². The van der Waals surface area contributed by atoms with Crippen LogP contribution in [0.2, 0.25) is 0 Å². The molecule has 0 saturated carbocycles. The molecular formula is C32H18N2O2S. The van der Waals surface area contributed by atoms with Gasteiger partial charge >= 0.3 is 0 Å². The number of hydrogen-bond acceptors (Lipinski definition) is 3. The van der Waals surface area contributed by atoms with Crippen LogP contribution in [0.3, 0.4) is 0 Å². The standard InChI is InChI=1S/C32H18N2O2S/c35-31-23-12-1-2-13-24(23)32(36)34(31)20-9-7-8-19(16-20)33-27-14-5-3-10-21(27)25-17-26-22-11-4-6-15-29(22)37-30(26)18-28(25)33/h1-18H. The number of thiophene rings is 1. The van der Waals surface area contributed by atoms with E-state index >= 15 is 0 Å². The van der Waals surface area contributed by atoms with Crippen molar-refractivity contribution in [3.05, 3.63) is 120 Å². The average molecular weight is 495 g/mol. The number of carbonyl (C=O) groups excluding carboxylic acids is 2. The molecule has 0 aliphatic carbocycles. The molecule has 0 atom stereocenters. The second-order valence-electron chi connectivity index (χ2n) is 9.33. The van der Waals surface area contributed by atoms with Gasteiger partial charge in [-0.3, -0.25) is 9.59 Å². The van der Waals surface area contributed by atoms with Crippen molar-refractivity contribution in [3.8, 4) is 5.69 Å². The maximum absolute atomic E-state index is 13.2. The summed E-state index contributed by atoms with van der Waals surface area (Å²) in [4.78, 5) is 27.6. The quantitative estimate of drug-likeness (QED) is 0.229. The zero-order valence-electron chi connectivity index (χ0n) is 19.5. The van der Waals surface area contributed by atoms with Gasteiger partial charge in [0, 0.05) is 36.6 Å². The minimum absolute atomic E-state index is 0.285. The molecule has 0 N–H and O–H groups in total. The molecule has 7 aromatic rings. The molecule has 4 nitrogen and oxygen atoms in total. The van der Waals surface area contributed by atoms with Crippen molar-refractivity contribution < 1.29 is 9.59 Å².